The molecule has 0 aliphatic carbocycles. The Bertz CT molecular complexity index is 888. The van der Waals surface area contributed by atoms with Crippen LogP contribution in [0.3, 0.4) is 0 Å². The van der Waals surface area contributed by atoms with Crippen molar-refractivity contribution in [3.8, 4) is 6.07 Å². The average Bonchev–Trinajstić information content (AvgIpc) is 2.95. The van der Waals surface area contributed by atoms with Gasteiger partial charge in [0.1, 0.15) is 11.6 Å². The SMILES string of the molecule is CCN(/C=C(/C#N)C(=O)Nc1cccc([N+](=O)[O-])c1)C1CCS(=O)(=O)C1. The third kappa shape index (κ3) is 4.80. The van der Waals surface area contributed by atoms with Crippen LogP contribution in [-0.4, -0.2) is 48.2 Å². The normalized spacial score (nSPS) is 18.8. The second-order valence-electron chi connectivity index (χ2n) is 5.80. The zero-order chi connectivity index (χ0) is 19.3. The first-order valence-electron chi connectivity index (χ1n) is 7.89. The highest BCUT2D eigenvalue weighted by Crippen LogP contribution is 2.20. The van der Waals surface area contributed by atoms with E-state index in [1.807, 2.05) is 0 Å². The van der Waals surface area contributed by atoms with E-state index in [4.69, 9.17) is 0 Å². The van der Waals surface area contributed by atoms with Gasteiger partial charge in [0.2, 0.25) is 0 Å². The lowest BCUT2D eigenvalue weighted by molar-refractivity contribution is -0.384. The quantitative estimate of drug-likeness (QED) is 0.343. The first-order valence-corrected chi connectivity index (χ1v) is 9.71. The van der Waals surface area contributed by atoms with Gasteiger partial charge in [0.05, 0.1) is 16.4 Å². The molecule has 1 aliphatic heterocycles. The number of nitro groups is 1. The van der Waals surface area contributed by atoms with E-state index in [-0.39, 0.29) is 34.5 Å². The van der Waals surface area contributed by atoms with Crippen LogP contribution in [0.1, 0.15) is 13.3 Å². The van der Waals surface area contributed by atoms with Crippen molar-refractivity contribution in [3.05, 3.63) is 46.2 Å². The van der Waals surface area contributed by atoms with Gasteiger partial charge >= 0.3 is 0 Å². The summed E-state index contributed by atoms with van der Waals surface area (Å²) in [5.41, 5.74) is -0.198. The van der Waals surface area contributed by atoms with Crippen molar-refractivity contribution in [1.29, 1.82) is 5.26 Å². The predicted octanol–water partition coefficient (Wildman–Crippen LogP) is 1.45. The Morgan fingerprint density at radius 2 is 2.27 bits per heavy atom. The summed E-state index contributed by atoms with van der Waals surface area (Å²) in [5.74, 6) is -0.640. The maximum atomic E-state index is 12.3. The smallest absolute Gasteiger partial charge is 0.271 e. The molecule has 0 spiro atoms. The summed E-state index contributed by atoms with van der Waals surface area (Å²) in [6.45, 7) is 2.24. The van der Waals surface area contributed by atoms with Gasteiger partial charge in [-0.3, -0.25) is 14.9 Å². The van der Waals surface area contributed by atoms with Crippen LogP contribution in [0.5, 0.6) is 0 Å². The molecule has 1 atom stereocenters. The van der Waals surface area contributed by atoms with Crippen molar-refractivity contribution >= 4 is 27.1 Å². The second-order valence-corrected chi connectivity index (χ2v) is 8.03. The van der Waals surface area contributed by atoms with E-state index >= 15 is 0 Å². The maximum Gasteiger partial charge on any atom is 0.271 e. The predicted molar refractivity (Wildman–Crippen MR) is 94.9 cm³/mol. The molecule has 1 heterocycles. The topological polar surface area (TPSA) is 133 Å². The summed E-state index contributed by atoms with van der Waals surface area (Å²) in [5, 5.41) is 22.5. The molecular formula is C16H18N4O5S. The standard InChI is InChI=1S/C16H18N4O5S/c1-2-19(15-6-7-26(24,25)11-15)10-12(9-17)16(21)18-13-4-3-5-14(8-13)20(22)23/h3-5,8,10,15H,2,6-7,11H2,1H3,(H,18,21)/b12-10-. The molecule has 0 saturated carbocycles. The van der Waals surface area contributed by atoms with Gasteiger partial charge in [-0.15, -0.1) is 0 Å². The molecule has 1 N–H and O–H groups in total. The second kappa shape index (κ2) is 7.97. The van der Waals surface area contributed by atoms with Gasteiger partial charge in [-0.25, -0.2) is 8.42 Å². The Balaban J connectivity index is 2.17. The molecule has 26 heavy (non-hydrogen) atoms. The summed E-state index contributed by atoms with van der Waals surface area (Å²) in [7, 11) is -3.09. The minimum absolute atomic E-state index is 0.0114. The molecule has 1 aromatic rings. The zero-order valence-electron chi connectivity index (χ0n) is 14.1. The highest BCUT2D eigenvalue weighted by Gasteiger charge is 2.31. The Hall–Kier alpha value is -2.93. The Morgan fingerprint density at radius 3 is 2.81 bits per heavy atom. The fourth-order valence-corrected chi connectivity index (χ4v) is 4.43. The van der Waals surface area contributed by atoms with Crippen LogP contribution in [0.4, 0.5) is 11.4 Å². The summed E-state index contributed by atoms with van der Waals surface area (Å²) >= 11 is 0. The van der Waals surface area contributed by atoms with E-state index in [1.54, 1.807) is 17.9 Å². The van der Waals surface area contributed by atoms with E-state index in [0.717, 1.165) is 0 Å². The lowest BCUT2D eigenvalue weighted by atomic mass is 10.2. The molecule has 2 rings (SSSR count). The minimum atomic E-state index is -3.09. The van der Waals surface area contributed by atoms with Gasteiger partial charge in [0.15, 0.2) is 9.84 Å². The average molecular weight is 378 g/mol. The molecule has 138 valence electrons. The monoisotopic (exact) mass is 378 g/mol. The third-order valence-electron chi connectivity index (χ3n) is 4.02. The molecule has 1 aromatic carbocycles. The molecule has 1 amide bonds. The number of amides is 1. The van der Waals surface area contributed by atoms with Gasteiger partial charge in [-0.1, -0.05) is 6.07 Å². The van der Waals surface area contributed by atoms with E-state index < -0.39 is 20.7 Å². The molecule has 1 unspecified atom stereocenters. The number of anilines is 1. The highest BCUT2D eigenvalue weighted by atomic mass is 32.2. The Labute approximate surface area is 151 Å². The summed E-state index contributed by atoms with van der Waals surface area (Å²) in [6.07, 6.45) is 1.79. The fraction of sp³-hybridized carbons (Fsp3) is 0.375. The summed E-state index contributed by atoms with van der Waals surface area (Å²) < 4.78 is 23.3. The van der Waals surface area contributed by atoms with E-state index in [9.17, 15) is 28.6 Å². The van der Waals surface area contributed by atoms with Crippen LogP contribution in [0.2, 0.25) is 0 Å². The number of nitro benzene ring substituents is 1. The van der Waals surface area contributed by atoms with Crippen LogP contribution in [-0.2, 0) is 14.6 Å². The number of nitriles is 1. The third-order valence-corrected chi connectivity index (χ3v) is 5.77. The van der Waals surface area contributed by atoms with Crippen molar-refractivity contribution < 1.29 is 18.1 Å². The molecule has 1 saturated heterocycles. The first-order chi connectivity index (χ1) is 12.3. The molecule has 0 bridgehead atoms. The summed E-state index contributed by atoms with van der Waals surface area (Å²) in [6, 6.07) is 6.89. The number of benzene rings is 1. The van der Waals surface area contributed by atoms with Crippen LogP contribution >= 0.6 is 0 Å². The maximum absolute atomic E-state index is 12.3. The highest BCUT2D eigenvalue weighted by molar-refractivity contribution is 7.91. The molecule has 0 radical (unpaired) electrons. The Kier molecular flexibility index (Phi) is 5.94. The number of hydrogen-bond donors (Lipinski definition) is 1. The number of carbonyl (C=O) groups is 1. The number of nitrogens with zero attached hydrogens (tertiary/aromatic N) is 3. The molecular weight excluding hydrogens is 360 g/mol. The van der Waals surface area contributed by atoms with Crippen molar-refractivity contribution in [1.82, 2.24) is 4.90 Å². The van der Waals surface area contributed by atoms with Crippen molar-refractivity contribution in [2.75, 3.05) is 23.4 Å². The molecule has 10 heteroatoms. The minimum Gasteiger partial charge on any atom is -0.372 e. The first kappa shape index (κ1) is 19.4. The lowest BCUT2D eigenvalue weighted by Gasteiger charge is -2.25. The van der Waals surface area contributed by atoms with Crippen molar-refractivity contribution in [2.24, 2.45) is 0 Å². The van der Waals surface area contributed by atoms with Gasteiger partial charge in [-0.05, 0) is 19.4 Å². The zero-order valence-corrected chi connectivity index (χ0v) is 14.9. The lowest BCUT2D eigenvalue weighted by Crippen LogP contribution is -2.32. The summed E-state index contributed by atoms with van der Waals surface area (Å²) in [4.78, 5) is 24.2. The number of non-ortho nitro benzene ring substituents is 1. The Morgan fingerprint density at radius 1 is 1.54 bits per heavy atom. The van der Waals surface area contributed by atoms with Crippen LogP contribution in [0.25, 0.3) is 0 Å². The fourth-order valence-electron chi connectivity index (χ4n) is 2.69. The molecule has 1 aliphatic rings. The van der Waals surface area contributed by atoms with Crippen molar-refractivity contribution in [2.45, 2.75) is 19.4 Å². The number of hydrogen-bond acceptors (Lipinski definition) is 7. The number of carbonyl (C=O) groups excluding carboxylic acids is 1. The van der Waals surface area contributed by atoms with E-state index in [2.05, 4.69) is 5.32 Å². The van der Waals surface area contributed by atoms with Crippen LogP contribution in [0, 0.1) is 21.4 Å². The molecule has 1 fully saturated rings. The van der Waals surface area contributed by atoms with Crippen LogP contribution < -0.4 is 5.32 Å². The molecule has 9 nitrogen and oxygen atoms in total. The number of rotatable bonds is 6. The van der Waals surface area contributed by atoms with Gasteiger partial charge in [-0.2, -0.15) is 5.26 Å². The molecule has 0 aromatic heterocycles. The van der Waals surface area contributed by atoms with E-state index in [0.29, 0.717) is 13.0 Å². The van der Waals surface area contributed by atoms with Gasteiger partial charge < -0.3 is 10.2 Å². The van der Waals surface area contributed by atoms with Gasteiger partial charge in [0.25, 0.3) is 11.6 Å². The van der Waals surface area contributed by atoms with Crippen molar-refractivity contribution in [3.63, 3.8) is 0 Å². The van der Waals surface area contributed by atoms with Gasteiger partial charge in [0, 0.05) is 36.6 Å². The van der Waals surface area contributed by atoms with Crippen LogP contribution in [0.15, 0.2) is 36.0 Å². The number of nitrogens with one attached hydrogen (secondary N) is 1. The largest absolute Gasteiger partial charge is 0.372 e. The van der Waals surface area contributed by atoms with E-state index in [1.165, 1.54) is 30.5 Å². The number of sulfone groups is 1.